The summed E-state index contributed by atoms with van der Waals surface area (Å²) >= 11 is 0. The normalized spacial score (nSPS) is 21.3. The quantitative estimate of drug-likeness (QED) is 0.751. The van der Waals surface area contributed by atoms with Crippen LogP contribution in [-0.2, 0) is 22.6 Å². The van der Waals surface area contributed by atoms with Gasteiger partial charge >= 0.3 is 5.97 Å². The van der Waals surface area contributed by atoms with Crippen LogP contribution >= 0.6 is 0 Å². The predicted molar refractivity (Wildman–Crippen MR) is 93.5 cm³/mol. The van der Waals surface area contributed by atoms with Crippen LogP contribution in [0, 0.1) is 0 Å². The first-order valence-corrected chi connectivity index (χ1v) is 8.48. The van der Waals surface area contributed by atoms with Crippen LogP contribution in [0.1, 0.15) is 17.5 Å². The summed E-state index contributed by atoms with van der Waals surface area (Å²) in [4.78, 5) is 14.4. The first-order valence-electron chi connectivity index (χ1n) is 8.48. The number of carbonyl (C=O) groups is 1. The van der Waals surface area contributed by atoms with E-state index < -0.39 is 24.9 Å². The molecule has 1 fully saturated rings. The fraction of sp³-hybridized carbons (Fsp3) is 0.350. The smallest absolute Gasteiger partial charge is 0.323 e. The zero-order valence-corrected chi connectivity index (χ0v) is 14.0. The SMILES string of the molecule is O=C1O[C@@H]([C@H](O)CO)C[C@H]1N(Cc1ccccc1)Cc1ccccc1. The van der Waals surface area contributed by atoms with Crippen molar-refractivity contribution in [3.05, 3.63) is 71.8 Å². The van der Waals surface area contributed by atoms with Crippen molar-refractivity contribution in [1.82, 2.24) is 4.90 Å². The number of hydrogen-bond acceptors (Lipinski definition) is 5. The lowest BCUT2D eigenvalue weighted by molar-refractivity contribution is -0.149. The molecule has 5 nitrogen and oxygen atoms in total. The van der Waals surface area contributed by atoms with Crippen LogP contribution in [0.4, 0.5) is 0 Å². The molecule has 3 rings (SSSR count). The summed E-state index contributed by atoms with van der Waals surface area (Å²) < 4.78 is 5.29. The summed E-state index contributed by atoms with van der Waals surface area (Å²) in [6.07, 6.45) is -1.32. The Balaban J connectivity index is 1.79. The van der Waals surface area contributed by atoms with E-state index in [-0.39, 0.29) is 5.97 Å². The lowest BCUT2D eigenvalue weighted by atomic mass is 10.0. The second kappa shape index (κ2) is 8.25. The van der Waals surface area contributed by atoms with Gasteiger partial charge in [0, 0.05) is 19.5 Å². The molecule has 0 aromatic heterocycles. The van der Waals surface area contributed by atoms with Crippen molar-refractivity contribution in [1.29, 1.82) is 0 Å². The molecule has 1 aliphatic heterocycles. The molecule has 2 N–H and O–H groups in total. The van der Waals surface area contributed by atoms with Crippen LogP contribution in [0.2, 0.25) is 0 Å². The monoisotopic (exact) mass is 341 g/mol. The van der Waals surface area contributed by atoms with Gasteiger partial charge in [0.1, 0.15) is 18.2 Å². The molecule has 0 bridgehead atoms. The molecule has 0 aliphatic carbocycles. The van der Waals surface area contributed by atoms with E-state index in [1.54, 1.807) is 0 Å². The topological polar surface area (TPSA) is 70.0 Å². The Kier molecular flexibility index (Phi) is 5.81. The van der Waals surface area contributed by atoms with Crippen molar-refractivity contribution in [2.24, 2.45) is 0 Å². The average molecular weight is 341 g/mol. The molecule has 3 atom stereocenters. The maximum absolute atomic E-state index is 12.4. The number of ether oxygens (including phenoxy) is 1. The summed E-state index contributed by atoms with van der Waals surface area (Å²) in [5.41, 5.74) is 2.22. The largest absolute Gasteiger partial charge is 0.458 e. The van der Waals surface area contributed by atoms with Gasteiger partial charge in [0.25, 0.3) is 0 Å². The van der Waals surface area contributed by atoms with Crippen molar-refractivity contribution in [3.8, 4) is 0 Å². The summed E-state index contributed by atoms with van der Waals surface area (Å²) in [6, 6.07) is 19.5. The number of hydrogen-bond donors (Lipinski definition) is 2. The number of rotatable bonds is 7. The third-order valence-electron chi connectivity index (χ3n) is 4.51. The summed E-state index contributed by atoms with van der Waals surface area (Å²) in [6.45, 7) is 0.802. The van der Waals surface area contributed by atoms with Gasteiger partial charge < -0.3 is 14.9 Å². The molecule has 132 valence electrons. The molecule has 0 unspecified atom stereocenters. The van der Waals surface area contributed by atoms with E-state index in [0.29, 0.717) is 19.5 Å². The molecular formula is C20H23NO4. The number of esters is 1. The van der Waals surface area contributed by atoms with E-state index in [0.717, 1.165) is 11.1 Å². The molecular weight excluding hydrogens is 318 g/mol. The maximum Gasteiger partial charge on any atom is 0.323 e. The molecule has 2 aromatic rings. The van der Waals surface area contributed by atoms with E-state index in [2.05, 4.69) is 4.90 Å². The Morgan fingerprint density at radius 3 is 2.00 bits per heavy atom. The Morgan fingerprint density at radius 2 is 1.52 bits per heavy atom. The van der Waals surface area contributed by atoms with Gasteiger partial charge in [0.2, 0.25) is 0 Å². The summed E-state index contributed by atoms with van der Waals surface area (Å²) in [5, 5.41) is 18.9. The fourth-order valence-electron chi connectivity index (χ4n) is 3.16. The minimum absolute atomic E-state index is 0.343. The molecule has 2 aromatic carbocycles. The second-order valence-electron chi connectivity index (χ2n) is 6.35. The maximum atomic E-state index is 12.4. The highest BCUT2D eigenvalue weighted by molar-refractivity contribution is 5.78. The van der Waals surface area contributed by atoms with Crippen LogP contribution in [0.3, 0.4) is 0 Å². The van der Waals surface area contributed by atoms with Crippen LogP contribution < -0.4 is 0 Å². The van der Waals surface area contributed by atoms with Crippen LogP contribution in [-0.4, -0.2) is 45.9 Å². The third-order valence-corrected chi connectivity index (χ3v) is 4.51. The summed E-state index contributed by atoms with van der Waals surface area (Å²) in [5.74, 6) is -0.343. The van der Waals surface area contributed by atoms with Gasteiger partial charge in [-0.15, -0.1) is 0 Å². The Bertz CT molecular complexity index is 635. The highest BCUT2D eigenvalue weighted by atomic mass is 16.6. The number of cyclic esters (lactones) is 1. The van der Waals surface area contributed by atoms with Crippen LogP contribution in [0.25, 0.3) is 0 Å². The van der Waals surface area contributed by atoms with Gasteiger partial charge in [-0.2, -0.15) is 0 Å². The number of nitrogens with zero attached hydrogens (tertiary/aromatic N) is 1. The number of aliphatic hydroxyl groups excluding tert-OH is 2. The molecule has 0 spiro atoms. The summed E-state index contributed by atoms with van der Waals surface area (Å²) in [7, 11) is 0. The minimum Gasteiger partial charge on any atom is -0.458 e. The van der Waals surface area contributed by atoms with Crippen LogP contribution in [0.5, 0.6) is 0 Å². The minimum atomic E-state index is -1.04. The molecule has 5 heteroatoms. The lowest BCUT2D eigenvalue weighted by Gasteiger charge is -2.26. The molecule has 0 amide bonds. The van der Waals surface area contributed by atoms with Gasteiger partial charge in [-0.05, 0) is 11.1 Å². The fourth-order valence-corrected chi connectivity index (χ4v) is 3.16. The van der Waals surface area contributed by atoms with Crippen molar-refractivity contribution in [3.63, 3.8) is 0 Å². The number of benzene rings is 2. The van der Waals surface area contributed by atoms with E-state index in [9.17, 15) is 9.90 Å². The molecule has 25 heavy (non-hydrogen) atoms. The zero-order valence-electron chi connectivity index (χ0n) is 14.0. The van der Waals surface area contributed by atoms with Gasteiger partial charge in [0.15, 0.2) is 0 Å². The van der Waals surface area contributed by atoms with E-state index >= 15 is 0 Å². The van der Waals surface area contributed by atoms with E-state index in [4.69, 9.17) is 9.84 Å². The number of carbonyl (C=O) groups excluding carboxylic acids is 1. The standard InChI is InChI=1S/C20H23NO4/c22-14-18(23)19-11-17(20(24)25-19)21(12-15-7-3-1-4-8-15)13-16-9-5-2-6-10-16/h1-10,17-19,22-23H,11-14H2/t17-,18-,19-/m1/s1. The highest BCUT2D eigenvalue weighted by Crippen LogP contribution is 2.25. The Morgan fingerprint density at radius 1 is 1.00 bits per heavy atom. The van der Waals surface area contributed by atoms with Gasteiger partial charge in [-0.1, -0.05) is 60.7 Å². The second-order valence-corrected chi connectivity index (χ2v) is 6.35. The molecule has 1 aliphatic rings. The van der Waals surface area contributed by atoms with Crippen molar-refractivity contribution in [2.45, 2.75) is 37.8 Å². The Labute approximate surface area is 147 Å². The predicted octanol–water partition coefficient (Wildman–Crippen LogP) is 1.73. The van der Waals surface area contributed by atoms with Gasteiger partial charge in [0.05, 0.1) is 6.61 Å². The Hall–Kier alpha value is -2.21. The van der Waals surface area contributed by atoms with E-state index in [1.807, 2.05) is 60.7 Å². The molecule has 0 saturated carbocycles. The number of aliphatic hydroxyl groups is 2. The lowest BCUT2D eigenvalue weighted by Crippen LogP contribution is -2.38. The van der Waals surface area contributed by atoms with Gasteiger partial charge in [-0.25, -0.2) is 0 Å². The first kappa shape index (κ1) is 17.6. The molecule has 1 heterocycles. The van der Waals surface area contributed by atoms with Crippen LogP contribution in [0.15, 0.2) is 60.7 Å². The van der Waals surface area contributed by atoms with E-state index in [1.165, 1.54) is 0 Å². The molecule has 1 saturated heterocycles. The zero-order chi connectivity index (χ0) is 17.6. The third kappa shape index (κ3) is 4.45. The van der Waals surface area contributed by atoms with Crippen molar-refractivity contribution < 1.29 is 19.7 Å². The van der Waals surface area contributed by atoms with Crippen molar-refractivity contribution in [2.75, 3.05) is 6.61 Å². The first-order chi connectivity index (χ1) is 12.2. The van der Waals surface area contributed by atoms with Gasteiger partial charge in [-0.3, -0.25) is 9.69 Å². The van der Waals surface area contributed by atoms with Crippen molar-refractivity contribution >= 4 is 5.97 Å². The highest BCUT2D eigenvalue weighted by Gasteiger charge is 2.41. The molecule has 0 radical (unpaired) electrons. The average Bonchev–Trinajstić information content (AvgIpc) is 3.04.